The normalized spacial score (nSPS) is 10.8. The Bertz CT molecular complexity index is 465. The van der Waals surface area contributed by atoms with E-state index in [0.29, 0.717) is 6.04 Å². The summed E-state index contributed by atoms with van der Waals surface area (Å²) in [6.45, 7) is 4.30. The van der Waals surface area contributed by atoms with Crippen LogP contribution in [0.5, 0.6) is 0 Å². The van der Waals surface area contributed by atoms with Gasteiger partial charge in [0.1, 0.15) is 0 Å². The average Bonchev–Trinajstić information content (AvgIpc) is 2.38. The van der Waals surface area contributed by atoms with E-state index in [1.54, 1.807) is 11.9 Å². The van der Waals surface area contributed by atoms with Crippen LogP contribution in [0.1, 0.15) is 13.8 Å². The number of hydrogen-bond acceptors (Lipinski definition) is 2. The summed E-state index contributed by atoms with van der Waals surface area (Å²) in [4.78, 5) is 1.27. The maximum atomic E-state index is 3.39. The summed E-state index contributed by atoms with van der Waals surface area (Å²) in [6, 6.07) is 19.5. The van der Waals surface area contributed by atoms with Gasteiger partial charge in [0.15, 0.2) is 0 Å². The smallest absolute Gasteiger partial charge is 0.0306 e. The highest BCUT2D eigenvalue weighted by Gasteiger charge is 2.04. The zero-order chi connectivity index (χ0) is 12.1. The van der Waals surface area contributed by atoms with Crippen molar-refractivity contribution in [2.45, 2.75) is 24.8 Å². The van der Waals surface area contributed by atoms with Gasteiger partial charge in [0.2, 0.25) is 0 Å². The molecule has 0 heterocycles. The Kier molecular flexibility index (Phi) is 4.24. The minimum absolute atomic E-state index is 0.476. The highest BCUT2D eigenvalue weighted by atomic mass is 32.2. The molecule has 0 radical (unpaired) electrons. The van der Waals surface area contributed by atoms with Crippen molar-refractivity contribution in [2.24, 2.45) is 0 Å². The Labute approximate surface area is 107 Å². The van der Waals surface area contributed by atoms with Crippen LogP contribution < -0.4 is 4.72 Å². The Balaban J connectivity index is 2.28. The average molecular weight is 243 g/mol. The lowest BCUT2D eigenvalue weighted by atomic mass is 10.1. The lowest BCUT2D eigenvalue weighted by molar-refractivity contribution is 0.771. The maximum absolute atomic E-state index is 3.39. The summed E-state index contributed by atoms with van der Waals surface area (Å²) in [5.74, 6) is 0. The van der Waals surface area contributed by atoms with E-state index >= 15 is 0 Å². The summed E-state index contributed by atoms with van der Waals surface area (Å²) >= 11 is 1.70. The number of benzene rings is 2. The Morgan fingerprint density at radius 1 is 0.882 bits per heavy atom. The quantitative estimate of drug-likeness (QED) is 0.801. The van der Waals surface area contributed by atoms with E-state index in [9.17, 15) is 0 Å². The van der Waals surface area contributed by atoms with Crippen LogP contribution >= 0.6 is 11.9 Å². The predicted octanol–water partition coefficient (Wildman–Crippen LogP) is 4.36. The van der Waals surface area contributed by atoms with E-state index in [4.69, 9.17) is 0 Å². The monoisotopic (exact) mass is 243 g/mol. The molecule has 2 aromatic rings. The van der Waals surface area contributed by atoms with Crippen LogP contribution in [0.25, 0.3) is 11.1 Å². The van der Waals surface area contributed by atoms with Crippen molar-refractivity contribution >= 4 is 11.9 Å². The second-order valence-corrected chi connectivity index (χ2v) is 5.12. The molecule has 0 aromatic heterocycles. The highest BCUT2D eigenvalue weighted by molar-refractivity contribution is 7.97. The largest absolute Gasteiger partial charge is 0.257 e. The van der Waals surface area contributed by atoms with Crippen molar-refractivity contribution < 1.29 is 0 Å². The van der Waals surface area contributed by atoms with Gasteiger partial charge in [0, 0.05) is 10.9 Å². The fraction of sp³-hybridized carbons (Fsp3) is 0.200. The van der Waals surface area contributed by atoms with Crippen molar-refractivity contribution in [1.82, 2.24) is 4.72 Å². The van der Waals surface area contributed by atoms with Gasteiger partial charge in [-0.1, -0.05) is 48.5 Å². The molecule has 2 aromatic carbocycles. The third kappa shape index (κ3) is 3.35. The molecule has 17 heavy (non-hydrogen) atoms. The van der Waals surface area contributed by atoms with Crippen molar-refractivity contribution in [3.63, 3.8) is 0 Å². The van der Waals surface area contributed by atoms with Crippen LogP contribution in [0, 0.1) is 0 Å². The van der Waals surface area contributed by atoms with Crippen molar-refractivity contribution in [1.29, 1.82) is 0 Å². The first kappa shape index (κ1) is 12.2. The molecule has 1 nitrogen and oxygen atoms in total. The van der Waals surface area contributed by atoms with Gasteiger partial charge in [-0.25, -0.2) is 0 Å². The maximum Gasteiger partial charge on any atom is 0.0306 e. The van der Waals surface area contributed by atoms with Crippen LogP contribution in [0.2, 0.25) is 0 Å². The molecule has 88 valence electrons. The molecule has 2 rings (SSSR count). The first-order valence-corrected chi connectivity index (χ1v) is 6.66. The van der Waals surface area contributed by atoms with Gasteiger partial charge < -0.3 is 0 Å². The minimum atomic E-state index is 0.476. The van der Waals surface area contributed by atoms with Crippen LogP contribution in [0.15, 0.2) is 59.5 Å². The first-order valence-electron chi connectivity index (χ1n) is 5.84. The van der Waals surface area contributed by atoms with Gasteiger partial charge in [-0.15, -0.1) is 0 Å². The summed E-state index contributed by atoms with van der Waals surface area (Å²) in [5.41, 5.74) is 2.55. The third-order valence-corrected chi connectivity index (χ3v) is 3.54. The molecule has 0 amide bonds. The fourth-order valence-corrected chi connectivity index (χ4v) is 2.40. The summed E-state index contributed by atoms with van der Waals surface area (Å²) in [6.07, 6.45) is 0. The van der Waals surface area contributed by atoms with E-state index in [1.807, 2.05) is 6.07 Å². The zero-order valence-corrected chi connectivity index (χ0v) is 11.0. The molecule has 0 atom stereocenters. The van der Waals surface area contributed by atoms with E-state index in [1.165, 1.54) is 16.0 Å². The highest BCUT2D eigenvalue weighted by Crippen LogP contribution is 2.29. The molecule has 2 heteroatoms. The van der Waals surface area contributed by atoms with E-state index < -0.39 is 0 Å². The SMILES string of the molecule is CC(C)NSc1ccccc1-c1ccccc1. The molecule has 0 saturated carbocycles. The van der Waals surface area contributed by atoms with Gasteiger partial charge in [-0.3, -0.25) is 4.72 Å². The molecule has 0 spiro atoms. The molecule has 0 unspecified atom stereocenters. The zero-order valence-electron chi connectivity index (χ0n) is 10.2. The molecular formula is C15H17NS. The van der Waals surface area contributed by atoms with Crippen LogP contribution in [0.3, 0.4) is 0 Å². The van der Waals surface area contributed by atoms with Gasteiger partial charge in [0.25, 0.3) is 0 Å². The molecular weight excluding hydrogens is 226 g/mol. The Hall–Kier alpha value is -1.25. The van der Waals surface area contributed by atoms with Gasteiger partial charge in [0.05, 0.1) is 0 Å². The second-order valence-electron chi connectivity index (χ2n) is 4.24. The van der Waals surface area contributed by atoms with Crippen molar-refractivity contribution in [3.05, 3.63) is 54.6 Å². The van der Waals surface area contributed by atoms with E-state index in [-0.39, 0.29) is 0 Å². The van der Waals surface area contributed by atoms with Crippen molar-refractivity contribution in [2.75, 3.05) is 0 Å². The third-order valence-electron chi connectivity index (χ3n) is 2.38. The molecule has 0 saturated heterocycles. The standard InChI is InChI=1S/C15H17NS/c1-12(2)16-17-15-11-7-6-10-14(15)13-8-4-3-5-9-13/h3-12,16H,1-2H3. The molecule has 1 N–H and O–H groups in total. The molecule has 0 aliphatic heterocycles. The summed E-state index contributed by atoms with van der Waals surface area (Å²) < 4.78 is 3.39. The number of hydrogen-bond donors (Lipinski definition) is 1. The van der Waals surface area contributed by atoms with Crippen LogP contribution in [0.4, 0.5) is 0 Å². The van der Waals surface area contributed by atoms with Gasteiger partial charge in [-0.2, -0.15) is 0 Å². The van der Waals surface area contributed by atoms with Gasteiger partial charge in [-0.05, 0) is 43.0 Å². The Morgan fingerprint density at radius 2 is 1.53 bits per heavy atom. The van der Waals surface area contributed by atoms with Crippen LogP contribution in [-0.2, 0) is 0 Å². The lowest BCUT2D eigenvalue weighted by Gasteiger charge is -2.11. The Morgan fingerprint density at radius 3 is 2.24 bits per heavy atom. The first-order chi connectivity index (χ1) is 8.27. The second kappa shape index (κ2) is 5.89. The fourth-order valence-electron chi connectivity index (χ4n) is 1.59. The van der Waals surface area contributed by atoms with E-state index in [0.717, 1.165) is 0 Å². The predicted molar refractivity (Wildman–Crippen MR) is 76.0 cm³/mol. The topological polar surface area (TPSA) is 12.0 Å². The summed E-state index contributed by atoms with van der Waals surface area (Å²) in [7, 11) is 0. The molecule has 0 bridgehead atoms. The molecule has 0 aliphatic carbocycles. The van der Waals surface area contributed by atoms with E-state index in [2.05, 4.69) is 67.1 Å². The van der Waals surface area contributed by atoms with Gasteiger partial charge >= 0.3 is 0 Å². The summed E-state index contributed by atoms with van der Waals surface area (Å²) in [5, 5.41) is 0. The molecule has 0 aliphatic rings. The molecule has 0 fully saturated rings. The van der Waals surface area contributed by atoms with Crippen molar-refractivity contribution in [3.8, 4) is 11.1 Å². The number of rotatable bonds is 4. The number of nitrogens with one attached hydrogen (secondary N) is 1. The van der Waals surface area contributed by atoms with Crippen LogP contribution in [-0.4, -0.2) is 6.04 Å². The lowest BCUT2D eigenvalue weighted by Crippen LogP contribution is -2.13. The minimum Gasteiger partial charge on any atom is -0.257 e.